The summed E-state index contributed by atoms with van der Waals surface area (Å²) in [6.07, 6.45) is 1.30. The van der Waals surface area contributed by atoms with Crippen molar-refractivity contribution in [3.63, 3.8) is 0 Å². The van der Waals surface area contributed by atoms with Crippen molar-refractivity contribution in [1.29, 1.82) is 0 Å². The molecule has 1 aromatic rings. The van der Waals surface area contributed by atoms with Gasteiger partial charge in [0.1, 0.15) is 5.82 Å². The summed E-state index contributed by atoms with van der Waals surface area (Å²) in [4.78, 5) is 0. The summed E-state index contributed by atoms with van der Waals surface area (Å²) in [7, 11) is 0. The third-order valence-corrected chi connectivity index (χ3v) is 3.40. The van der Waals surface area contributed by atoms with Crippen molar-refractivity contribution in [1.82, 2.24) is 5.32 Å². The zero-order chi connectivity index (χ0) is 11.5. The first-order valence-corrected chi connectivity index (χ1v) is 5.90. The Labute approximate surface area is 99.4 Å². The minimum atomic E-state index is -0.684. The highest BCUT2D eigenvalue weighted by atomic mass is 35.5. The highest BCUT2D eigenvalue weighted by molar-refractivity contribution is 6.31. The number of halogens is 2. The van der Waals surface area contributed by atoms with Crippen LogP contribution in [-0.4, -0.2) is 18.2 Å². The number of hydrogen-bond acceptors (Lipinski definition) is 2. The van der Waals surface area contributed by atoms with Crippen LogP contribution in [-0.2, 0) is 0 Å². The Balaban J connectivity index is 2.18. The summed E-state index contributed by atoms with van der Waals surface area (Å²) in [5.41, 5.74) is 0.496. The van der Waals surface area contributed by atoms with Gasteiger partial charge in [-0.2, -0.15) is 0 Å². The van der Waals surface area contributed by atoms with Crippen LogP contribution in [0.25, 0.3) is 0 Å². The van der Waals surface area contributed by atoms with Gasteiger partial charge >= 0.3 is 0 Å². The third-order valence-electron chi connectivity index (χ3n) is 3.06. The molecule has 1 aromatic carbocycles. The van der Waals surface area contributed by atoms with E-state index in [9.17, 15) is 9.50 Å². The molecule has 1 aliphatic heterocycles. The predicted molar refractivity (Wildman–Crippen MR) is 62.0 cm³/mol. The van der Waals surface area contributed by atoms with Crippen LogP contribution < -0.4 is 5.32 Å². The standard InChI is InChI=1S/C12H15ClFNO/c13-11-4-3-9(14)6-10(11)12(16)8-2-1-5-15-7-8/h3-4,6,8,12,15-16H,1-2,5,7H2. The number of aliphatic hydroxyl groups is 1. The molecule has 4 heteroatoms. The van der Waals surface area contributed by atoms with Gasteiger partial charge in [-0.25, -0.2) is 4.39 Å². The van der Waals surface area contributed by atoms with E-state index >= 15 is 0 Å². The van der Waals surface area contributed by atoms with Crippen molar-refractivity contribution in [3.05, 3.63) is 34.6 Å². The lowest BCUT2D eigenvalue weighted by atomic mass is 9.89. The van der Waals surface area contributed by atoms with Gasteiger partial charge in [-0.3, -0.25) is 0 Å². The maximum Gasteiger partial charge on any atom is 0.123 e. The Morgan fingerprint density at radius 1 is 1.50 bits per heavy atom. The summed E-state index contributed by atoms with van der Waals surface area (Å²) in [6, 6.07) is 4.12. The molecule has 0 aliphatic carbocycles. The zero-order valence-corrected chi connectivity index (χ0v) is 9.67. The van der Waals surface area contributed by atoms with E-state index in [4.69, 9.17) is 11.6 Å². The van der Waals surface area contributed by atoms with Crippen LogP contribution in [0.5, 0.6) is 0 Å². The van der Waals surface area contributed by atoms with E-state index < -0.39 is 6.10 Å². The van der Waals surface area contributed by atoms with Gasteiger partial charge in [0.2, 0.25) is 0 Å². The second-order valence-electron chi connectivity index (χ2n) is 4.22. The Hall–Kier alpha value is -0.640. The van der Waals surface area contributed by atoms with Crippen LogP contribution in [0.4, 0.5) is 4.39 Å². The van der Waals surface area contributed by atoms with Crippen LogP contribution in [0.3, 0.4) is 0 Å². The molecule has 0 radical (unpaired) electrons. The molecule has 88 valence electrons. The zero-order valence-electron chi connectivity index (χ0n) is 8.92. The summed E-state index contributed by atoms with van der Waals surface area (Å²) < 4.78 is 13.1. The molecule has 2 unspecified atom stereocenters. The average Bonchev–Trinajstić information content (AvgIpc) is 2.32. The first kappa shape index (κ1) is 11.8. The summed E-state index contributed by atoms with van der Waals surface area (Å²) in [5.74, 6) is -0.240. The number of piperidine rings is 1. The Kier molecular flexibility index (Phi) is 3.79. The monoisotopic (exact) mass is 243 g/mol. The van der Waals surface area contributed by atoms with Crippen molar-refractivity contribution in [2.45, 2.75) is 18.9 Å². The maximum absolute atomic E-state index is 13.1. The maximum atomic E-state index is 13.1. The Morgan fingerprint density at radius 2 is 2.31 bits per heavy atom. The largest absolute Gasteiger partial charge is 0.388 e. The van der Waals surface area contributed by atoms with Gasteiger partial charge in [-0.05, 0) is 37.6 Å². The molecule has 1 heterocycles. The van der Waals surface area contributed by atoms with Crippen molar-refractivity contribution in [2.75, 3.05) is 13.1 Å². The fourth-order valence-corrected chi connectivity index (χ4v) is 2.37. The van der Waals surface area contributed by atoms with Crippen molar-refractivity contribution in [3.8, 4) is 0 Å². The molecule has 16 heavy (non-hydrogen) atoms. The molecule has 2 rings (SSSR count). The Morgan fingerprint density at radius 3 is 3.00 bits per heavy atom. The summed E-state index contributed by atoms with van der Waals surface area (Å²) >= 11 is 5.96. The number of hydrogen-bond donors (Lipinski definition) is 2. The summed E-state index contributed by atoms with van der Waals surface area (Å²) in [6.45, 7) is 1.74. The third kappa shape index (κ3) is 2.54. The second kappa shape index (κ2) is 5.13. The normalized spacial score (nSPS) is 23.1. The van der Waals surface area contributed by atoms with Gasteiger partial charge in [0, 0.05) is 23.0 Å². The molecule has 2 N–H and O–H groups in total. The van der Waals surface area contributed by atoms with Gasteiger partial charge in [0.15, 0.2) is 0 Å². The van der Waals surface area contributed by atoms with E-state index in [1.54, 1.807) is 0 Å². The minimum Gasteiger partial charge on any atom is -0.388 e. The fraction of sp³-hybridized carbons (Fsp3) is 0.500. The van der Waals surface area contributed by atoms with Crippen LogP contribution >= 0.6 is 11.6 Å². The lowest BCUT2D eigenvalue weighted by molar-refractivity contribution is 0.0920. The first-order chi connectivity index (χ1) is 7.68. The number of nitrogens with one attached hydrogen (secondary N) is 1. The minimum absolute atomic E-state index is 0.119. The molecule has 1 fully saturated rings. The number of aliphatic hydroxyl groups excluding tert-OH is 1. The molecule has 0 aromatic heterocycles. The molecular weight excluding hydrogens is 229 g/mol. The second-order valence-corrected chi connectivity index (χ2v) is 4.62. The van der Waals surface area contributed by atoms with Crippen molar-refractivity contribution in [2.24, 2.45) is 5.92 Å². The van der Waals surface area contributed by atoms with E-state index in [-0.39, 0.29) is 11.7 Å². The van der Waals surface area contributed by atoms with Gasteiger partial charge in [0.25, 0.3) is 0 Å². The molecular formula is C12H15ClFNO. The highest BCUT2D eigenvalue weighted by Gasteiger charge is 2.24. The molecule has 1 aliphatic rings. The number of benzene rings is 1. The fourth-order valence-electron chi connectivity index (χ4n) is 2.14. The van der Waals surface area contributed by atoms with Crippen LogP contribution in [0.15, 0.2) is 18.2 Å². The molecule has 0 saturated carbocycles. The highest BCUT2D eigenvalue weighted by Crippen LogP contribution is 2.32. The SMILES string of the molecule is OC(c1cc(F)ccc1Cl)C1CCCNC1. The number of rotatable bonds is 2. The molecule has 0 spiro atoms. The van der Waals surface area contributed by atoms with E-state index in [1.165, 1.54) is 18.2 Å². The van der Waals surface area contributed by atoms with E-state index in [2.05, 4.69) is 5.32 Å². The van der Waals surface area contributed by atoms with Crippen molar-refractivity contribution >= 4 is 11.6 Å². The van der Waals surface area contributed by atoms with E-state index in [0.717, 1.165) is 25.9 Å². The van der Waals surface area contributed by atoms with Gasteiger partial charge in [-0.15, -0.1) is 0 Å². The van der Waals surface area contributed by atoms with Crippen molar-refractivity contribution < 1.29 is 9.50 Å². The van der Waals surface area contributed by atoms with E-state index in [0.29, 0.717) is 10.6 Å². The Bertz CT molecular complexity index is 366. The average molecular weight is 244 g/mol. The van der Waals surface area contributed by atoms with Crippen LogP contribution in [0.2, 0.25) is 5.02 Å². The van der Waals surface area contributed by atoms with Crippen LogP contribution in [0.1, 0.15) is 24.5 Å². The molecule has 0 amide bonds. The lowest BCUT2D eigenvalue weighted by Gasteiger charge is -2.28. The van der Waals surface area contributed by atoms with Gasteiger partial charge in [0.05, 0.1) is 6.10 Å². The van der Waals surface area contributed by atoms with Gasteiger partial charge in [-0.1, -0.05) is 11.6 Å². The topological polar surface area (TPSA) is 32.3 Å². The predicted octanol–water partition coefficient (Wildman–Crippen LogP) is 2.51. The lowest BCUT2D eigenvalue weighted by Crippen LogP contribution is -2.33. The van der Waals surface area contributed by atoms with Crippen LogP contribution in [0, 0.1) is 11.7 Å². The molecule has 2 atom stereocenters. The van der Waals surface area contributed by atoms with E-state index in [1.807, 2.05) is 0 Å². The molecule has 0 bridgehead atoms. The summed E-state index contributed by atoms with van der Waals surface area (Å²) in [5, 5.41) is 13.8. The molecule has 1 saturated heterocycles. The quantitative estimate of drug-likeness (QED) is 0.837. The van der Waals surface area contributed by atoms with Gasteiger partial charge < -0.3 is 10.4 Å². The first-order valence-electron chi connectivity index (χ1n) is 5.52. The smallest absolute Gasteiger partial charge is 0.123 e. The molecule has 2 nitrogen and oxygen atoms in total.